The number of nitrogens with one attached hydrogen (secondary N) is 1. The van der Waals surface area contributed by atoms with Crippen molar-refractivity contribution in [2.45, 2.75) is 16.5 Å². The van der Waals surface area contributed by atoms with Crippen molar-refractivity contribution in [3.8, 4) is 0 Å². The van der Waals surface area contributed by atoms with Gasteiger partial charge in [0.05, 0.1) is 6.61 Å². The van der Waals surface area contributed by atoms with E-state index in [0.717, 1.165) is 0 Å². The standard InChI is InChI=1S/C17H16Cl4NO3P/c1-2-25-26(24,14-6-4-3-5-7-14)16(17(19,20)21)22-15(23)12-8-10-13(18)11-9-12/h3-11,16H,2H2,1H3,(H,22,23)/t16-,26-/m0/s1. The third-order valence-corrected chi connectivity index (χ3v) is 7.68. The molecule has 0 spiro atoms. The van der Waals surface area contributed by atoms with Gasteiger partial charge >= 0.3 is 0 Å². The van der Waals surface area contributed by atoms with E-state index in [4.69, 9.17) is 50.9 Å². The first-order chi connectivity index (χ1) is 12.2. The lowest BCUT2D eigenvalue weighted by Crippen LogP contribution is -2.46. The zero-order valence-electron chi connectivity index (χ0n) is 13.7. The van der Waals surface area contributed by atoms with E-state index in [-0.39, 0.29) is 12.2 Å². The van der Waals surface area contributed by atoms with Crippen molar-refractivity contribution in [3.63, 3.8) is 0 Å². The first kappa shape index (κ1) is 21.6. The van der Waals surface area contributed by atoms with Crippen LogP contribution in [0.3, 0.4) is 0 Å². The molecule has 140 valence electrons. The Morgan fingerprint density at radius 2 is 1.69 bits per heavy atom. The minimum atomic E-state index is -3.74. The third-order valence-electron chi connectivity index (χ3n) is 3.46. The van der Waals surface area contributed by atoms with Gasteiger partial charge in [0.2, 0.25) is 3.79 Å². The van der Waals surface area contributed by atoms with E-state index < -0.39 is 22.9 Å². The number of carbonyl (C=O) groups excluding carboxylic acids is 1. The monoisotopic (exact) mass is 453 g/mol. The van der Waals surface area contributed by atoms with Gasteiger partial charge in [-0.3, -0.25) is 9.36 Å². The van der Waals surface area contributed by atoms with Crippen LogP contribution in [-0.2, 0) is 9.09 Å². The largest absolute Gasteiger partial charge is 0.336 e. The van der Waals surface area contributed by atoms with Crippen molar-refractivity contribution >= 4 is 65.0 Å². The average Bonchev–Trinajstić information content (AvgIpc) is 2.60. The van der Waals surface area contributed by atoms with E-state index in [0.29, 0.717) is 10.3 Å². The molecule has 0 heterocycles. The zero-order chi connectivity index (χ0) is 19.4. The number of halogens is 4. The van der Waals surface area contributed by atoms with Gasteiger partial charge in [-0.15, -0.1) is 0 Å². The normalized spacial score (nSPS) is 15.1. The van der Waals surface area contributed by atoms with E-state index in [1.54, 1.807) is 49.4 Å². The summed E-state index contributed by atoms with van der Waals surface area (Å²) in [6.07, 6.45) is 0. The number of rotatable bonds is 6. The molecule has 0 aliphatic heterocycles. The lowest BCUT2D eigenvalue weighted by molar-refractivity contribution is 0.0945. The van der Waals surface area contributed by atoms with Gasteiger partial charge in [-0.1, -0.05) is 64.6 Å². The first-order valence-corrected chi connectivity index (χ1v) is 10.8. The van der Waals surface area contributed by atoms with E-state index in [1.807, 2.05) is 0 Å². The fraction of sp³-hybridized carbons (Fsp3) is 0.235. The van der Waals surface area contributed by atoms with E-state index in [9.17, 15) is 9.36 Å². The molecule has 0 aliphatic carbocycles. The Labute approximate surface area is 172 Å². The number of amides is 1. The minimum absolute atomic E-state index is 0.111. The van der Waals surface area contributed by atoms with Crippen LogP contribution >= 0.6 is 53.8 Å². The number of alkyl halides is 3. The van der Waals surface area contributed by atoms with Crippen LogP contribution in [0.4, 0.5) is 0 Å². The predicted octanol–water partition coefficient (Wildman–Crippen LogP) is 5.41. The molecule has 1 amide bonds. The van der Waals surface area contributed by atoms with Crippen LogP contribution in [0.25, 0.3) is 0 Å². The summed E-state index contributed by atoms with van der Waals surface area (Å²) < 4.78 is 17.1. The average molecular weight is 455 g/mol. The Morgan fingerprint density at radius 1 is 1.12 bits per heavy atom. The summed E-state index contributed by atoms with van der Waals surface area (Å²) in [6.45, 7) is 1.78. The van der Waals surface area contributed by atoms with Crippen molar-refractivity contribution in [2.24, 2.45) is 0 Å². The summed E-state index contributed by atoms with van der Waals surface area (Å²) in [5, 5.41) is 3.37. The van der Waals surface area contributed by atoms with Gasteiger partial charge in [-0.25, -0.2) is 0 Å². The lowest BCUT2D eigenvalue weighted by atomic mass is 10.2. The summed E-state index contributed by atoms with van der Waals surface area (Å²) in [5.74, 6) is -1.95. The van der Waals surface area contributed by atoms with Crippen molar-refractivity contribution < 1.29 is 13.9 Å². The highest BCUT2D eigenvalue weighted by Crippen LogP contribution is 2.57. The molecule has 4 nitrogen and oxygen atoms in total. The second-order valence-electron chi connectivity index (χ2n) is 5.27. The fourth-order valence-electron chi connectivity index (χ4n) is 2.29. The maximum absolute atomic E-state index is 13.7. The SMILES string of the molecule is CCO[P@@](=O)(c1ccccc1)[C@H](NC(=O)c1ccc(Cl)cc1)C(Cl)(Cl)Cl. The maximum atomic E-state index is 13.7. The molecule has 2 aromatic rings. The van der Waals surface area contributed by atoms with Crippen LogP contribution in [0.2, 0.25) is 5.02 Å². The van der Waals surface area contributed by atoms with Gasteiger partial charge in [-0.2, -0.15) is 0 Å². The second kappa shape index (κ2) is 8.97. The molecular formula is C17H16Cl4NO3P. The van der Waals surface area contributed by atoms with Gasteiger partial charge in [-0.05, 0) is 43.3 Å². The highest BCUT2D eigenvalue weighted by molar-refractivity contribution is 7.68. The first-order valence-electron chi connectivity index (χ1n) is 7.61. The number of hydrogen-bond acceptors (Lipinski definition) is 3. The summed E-state index contributed by atoms with van der Waals surface area (Å²) in [7, 11) is -3.74. The third kappa shape index (κ3) is 5.16. The molecule has 26 heavy (non-hydrogen) atoms. The molecule has 0 aliphatic rings. The smallest absolute Gasteiger partial charge is 0.258 e. The molecule has 0 unspecified atom stereocenters. The van der Waals surface area contributed by atoms with Crippen molar-refractivity contribution in [2.75, 3.05) is 6.61 Å². The fourth-order valence-corrected chi connectivity index (χ4v) is 5.98. The van der Waals surface area contributed by atoms with Crippen LogP contribution in [0.5, 0.6) is 0 Å². The van der Waals surface area contributed by atoms with Crippen LogP contribution in [0.1, 0.15) is 17.3 Å². The van der Waals surface area contributed by atoms with Gasteiger partial charge in [0.25, 0.3) is 13.3 Å². The number of hydrogen-bond donors (Lipinski definition) is 1. The quantitative estimate of drug-likeness (QED) is 0.469. The van der Waals surface area contributed by atoms with Gasteiger partial charge in [0, 0.05) is 15.9 Å². The molecule has 0 saturated carbocycles. The molecule has 2 aromatic carbocycles. The van der Waals surface area contributed by atoms with Crippen molar-refractivity contribution in [1.82, 2.24) is 5.32 Å². The zero-order valence-corrected chi connectivity index (χ0v) is 17.6. The summed E-state index contributed by atoms with van der Waals surface area (Å²) in [4.78, 5) is 12.6. The summed E-state index contributed by atoms with van der Waals surface area (Å²) in [6, 6.07) is 14.5. The Balaban J connectivity index is 2.43. The Morgan fingerprint density at radius 3 is 2.19 bits per heavy atom. The molecule has 0 saturated heterocycles. The predicted molar refractivity (Wildman–Crippen MR) is 108 cm³/mol. The highest BCUT2D eigenvalue weighted by atomic mass is 35.6. The Bertz CT molecular complexity index is 794. The molecule has 1 N–H and O–H groups in total. The molecule has 0 aromatic heterocycles. The molecular weight excluding hydrogens is 439 g/mol. The Kier molecular flexibility index (Phi) is 7.43. The second-order valence-corrected chi connectivity index (χ2v) is 10.6. The maximum Gasteiger partial charge on any atom is 0.258 e. The summed E-state index contributed by atoms with van der Waals surface area (Å²) in [5.41, 5.74) is 0.282. The molecule has 0 fully saturated rings. The van der Waals surface area contributed by atoms with Gasteiger partial charge in [0.1, 0.15) is 0 Å². The lowest BCUT2D eigenvalue weighted by Gasteiger charge is -2.32. The van der Waals surface area contributed by atoms with E-state index in [2.05, 4.69) is 5.32 Å². The van der Waals surface area contributed by atoms with Crippen LogP contribution in [0, 0.1) is 0 Å². The van der Waals surface area contributed by atoms with Crippen LogP contribution in [0.15, 0.2) is 54.6 Å². The molecule has 0 radical (unpaired) electrons. The van der Waals surface area contributed by atoms with Gasteiger partial charge in [0.15, 0.2) is 5.78 Å². The topological polar surface area (TPSA) is 55.4 Å². The van der Waals surface area contributed by atoms with E-state index in [1.165, 1.54) is 12.1 Å². The van der Waals surface area contributed by atoms with Crippen LogP contribution in [-0.4, -0.2) is 22.1 Å². The molecule has 0 bridgehead atoms. The van der Waals surface area contributed by atoms with Gasteiger partial charge < -0.3 is 9.84 Å². The molecule has 9 heteroatoms. The number of carbonyl (C=O) groups is 1. The summed E-state index contributed by atoms with van der Waals surface area (Å²) >= 11 is 24.0. The van der Waals surface area contributed by atoms with E-state index >= 15 is 0 Å². The molecule has 2 rings (SSSR count). The Hall–Kier alpha value is -0.740. The highest BCUT2D eigenvalue weighted by Gasteiger charge is 2.49. The minimum Gasteiger partial charge on any atom is -0.336 e. The number of benzene rings is 2. The van der Waals surface area contributed by atoms with Crippen molar-refractivity contribution in [1.29, 1.82) is 0 Å². The van der Waals surface area contributed by atoms with Crippen molar-refractivity contribution in [3.05, 3.63) is 65.2 Å². The van der Waals surface area contributed by atoms with Crippen LogP contribution < -0.4 is 10.6 Å². The molecule has 2 atom stereocenters.